The second kappa shape index (κ2) is 5.36. The maximum atomic E-state index is 8.60. The van der Waals surface area contributed by atoms with E-state index in [1.165, 1.54) is 0 Å². The van der Waals surface area contributed by atoms with Gasteiger partial charge in [-0.3, -0.25) is 4.98 Å². The van der Waals surface area contributed by atoms with Crippen LogP contribution in [0.4, 0.5) is 0 Å². The van der Waals surface area contributed by atoms with E-state index in [-0.39, 0.29) is 11.2 Å². The molecule has 1 aromatic rings. The summed E-state index contributed by atoms with van der Waals surface area (Å²) in [5.74, 6) is 0. The lowest BCUT2D eigenvalue weighted by Crippen LogP contribution is -2.41. The van der Waals surface area contributed by atoms with Crippen LogP contribution in [0.15, 0.2) is 12.3 Å². The molecule has 0 saturated carbocycles. The second-order valence-electron chi connectivity index (χ2n) is 5.94. The van der Waals surface area contributed by atoms with Crippen molar-refractivity contribution in [2.24, 2.45) is 0 Å². The lowest BCUT2D eigenvalue weighted by atomic mass is 9.80. The lowest BCUT2D eigenvalue weighted by molar-refractivity contribution is 0.00578. The summed E-state index contributed by atoms with van der Waals surface area (Å²) in [6.07, 6.45) is 2.67. The number of nitrogens with zero attached hydrogens (tertiary/aromatic N) is 2. The molecule has 0 aromatic carbocycles. The molecule has 6 heteroatoms. The third kappa shape index (κ3) is 2.83. The Labute approximate surface area is 125 Å². The van der Waals surface area contributed by atoms with Crippen molar-refractivity contribution in [2.75, 3.05) is 0 Å². The fraction of sp³-hybridized carbons (Fsp3) is 0.571. The third-order valence-corrected chi connectivity index (χ3v) is 4.26. The maximum absolute atomic E-state index is 8.60. The van der Waals surface area contributed by atoms with Gasteiger partial charge in [0.1, 0.15) is 0 Å². The number of hydrogen-bond acceptors (Lipinski definition) is 4. The zero-order chi connectivity index (χ0) is 15.0. The smallest absolute Gasteiger partial charge is 0.399 e. The monoisotopic (exact) mass is 292 g/mol. The Bertz CT molecular complexity index is 539. The fourth-order valence-electron chi connectivity index (χ4n) is 1.95. The molecule has 1 saturated heterocycles. The van der Waals surface area contributed by atoms with E-state index in [1.807, 2.05) is 33.8 Å². The van der Waals surface area contributed by atoms with E-state index < -0.39 is 7.12 Å². The van der Waals surface area contributed by atoms with Gasteiger partial charge in [-0.25, -0.2) is 0 Å². The fourth-order valence-corrected chi connectivity index (χ4v) is 2.22. The van der Waals surface area contributed by atoms with Crippen LogP contribution in [0.3, 0.4) is 0 Å². The predicted octanol–water partition coefficient (Wildman–Crippen LogP) is 2.49. The summed E-state index contributed by atoms with van der Waals surface area (Å²) < 4.78 is 11.9. The lowest BCUT2D eigenvalue weighted by Gasteiger charge is -2.32. The Morgan fingerprint density at radius 2 is 1.90 bits per heavy atom. The molecule has 106 valence electrons. The number of aryl methyl sites for hydroxylation is 1. The van der Waals surface area contributed by atoms with Crippen molar-refractivity contribution in [3.63, 3.8) is 0 Å². The first-order valence-corrected chi connectivity index (χ1v) is 7.01. The van der Waals surface area contributed by atoms with Gasteiger partial charge in [-0.05, 0) is 33.8 Å². The number of rotatable bonds is 3. The second-order valence-corrected chi connectivity index (χ2v) is 6.35. The third-order valence-electron chi connectivity index (χ3n) is 3.94. The van der Waals surface area contributed by atoms with Crippen molar-refractivity contribution in [3.05, 3.63) is 23.0 Å². The van der Waals surface area contributed by atoms with Crippen molar-refractivity contribution in [3.8, 4) is 6.07 Å². The summed E-state index contributed by atoms with van der Waals surface area (Å²) >= 11 is 6.20. The van der Waals surface area contributed by atoms with Crippen molar-refractivity contribution in [1.82, 2.24) is 4.98 Å². The minimum absolute atomic E-state index is 0.385. The molecule has 0 bridgehead atoms. The number of halogens is 1. The van der Waals surface area contributed by atoms with Gasteiger partial charge in [-0.1, -0.05) is 11.6 Å². The molecule has 2 rings (SSSR count). The molecule has 0 radical (unpaired) electrons. The summed E-state index contributed by atoms with van der Waals surface area (Å²) in [6.45, 7) is 8.01. The largest absolute Gasteiger partial charge is 0.496 e. The quantitative estimate of drug-likeness (QED) is 0.803. The number of aromatic nitrogens is 1. The molecule has 0 atom stereocenters. The molecule has 0 aliphatic carbocycles. The van der Waals surface area contributed by atoms with Crippen LogP contribution in [0.2, 0.25) is 5.02 Å². The molecule has 1 fully saturated rings. The van der Waals surface area contributed by atoms with Gasteiger partial charge < -0.3 is 9.31 Å². The Hall–Kier alpha value is -1.09. The Balaban J connectivity index is 2.20. The summed E-state index contributed by atoms with van der Waals surface area (Å²) in [5, 5.41) is 9.15. The Kier molecular flexibility index (Phi) is 4.10. The first-order chi connectivity index (χ1) is 9.27. The van der Waals surface area contributed by atoms with E-state index in [1.54, 1.807) is 6.20 Å². The van der Waals surface area contributed by atoms with Crippen LogP contribution < -0.4 is 5.46 Å². The average Bonchev–Trinajstić information content (AvgIpc) is 2.57. The first-order valence-electron chi connectivity index (χ1n) is 6.64. The minimum atomic E-state index is -0.463. The van der Waals surface area contributed by atoms with Crippen molar-refractivity contribution < 1.29 is 9.31 Å². The molecule has 0 amide bonds. The van der Waals surface area contributed by atoms with Crippen LogP contribution in [0.1, 0.15) is 39.8 Å². The summed E-state index contributed by atoms with van der Waals surface area (Å²) in [5.41, 5.74) is 0.760. The van der Waals surface area contributed by atoms with E-state index in [2.05, 4.69) is 11.1 Å². The van der Waals surface area contributed by atoms with E-state index in [9.17, 15) is 0 Å². The van der Waals surface area contributed by atoms with Crippen LogP contribution in [0.25, 0.3) is 0 Å². The predicted molar refractivity (Wildman–Crippen MR) is 78.9 cm³/mol. The highest BCUT2D eigenvalue weighted by Gasteiger charge is 2.51. The average molecular weight is 293 g/mol. The van der Waals surface area contributed by atoms with Crippen LogP contribution in [0.5, 0.6) is 0 Å². The topological polar surface area (TPSA) is 55.1 Å². The van der Waals surface area contributed by atoms with E-state index in [4.69, 9.17) is 26.2 Å². The normalized spacial score (nSPS) is 19.9. The molecule has 1 aliphatic rings. The zero-order valence-electron chi connectivity index (χ0n) is 12.2. The van der Waals surface area contributed by atoms with Gasteiger partial charge in [0.15, 0.2) is 0 Å². The minimum Gasteiger partial charge on any atom is -0.399 e. The molecule has 0 N–H and O–H groups in total. The Morgan fingerprint density at radius 1 is 1.30 bits per heavy atom. The van der Waals surface area contributed by atoms with Crippen molar-refractivity contribution in [2.45, 2.75) is 51.7 Å². The van der Waals surface area contributed by atoms with Gasteiger partial charge >= 0.3 is 7.12 Å². The maximum Gasteiger partial charge on any atom is 0.496 e. The van der Waals surface area contributed by atoms with Crippen LogP contribution in [0, 0.1) is 11.3 Å². The molecule has 2 heterocycles. The molecular formula is C14H18BClN2O2. The number of pyridine rings is 1. The summed E-state index contributed by atoms with van der Waals surface area (Å²) in [6, 6.07) is 3.90. The van der Waals surface area contributed by atoms with Gasteiger partial charge in [-0.2, -0.15) is 5.26 Å². The van der Waals surface area contributed by atoms with E-state index >= 15 is 0 Å². The van der Waals surface area contributed by atoms with E-state index in [0.29, 0.717) is 17.9 Å². The molecule has 0 unspecified atom stereocenters. The molecular weight excluding hydrogens is 274 g/mol. The highest BCUT2D eigenvalue weighted by Crippen LogP contribution is 2.36. The van der Waals surface area contributed by atoms with Gasteiger partial charge in [0.2, 0.25) is 0 Å². The van der Waals surface area contributed by atoms with Gasteiger partial charge in [0, 0.05) is 24.5 Å². The zero-order valence-corrected chi connectivity index (χ0v) is 13.0. The molecule has 1 aliphatic heterocycles. The Morgan fingerprint density at radius 3 is 2.40 bits per heavy atom. The number of nitriles is 1. The molecule has 4 nitrogen and oxygen atoms in total. The van der Waals surface area contributed by atoms with Crippen molar-refractivity contribution >= 4 is 24.2 Å². The highest BCUT2D eigenvalue weighted by atomic mass is 35.5. The van der Waals surface area contributed by atoms with Crippen LogP contribution >= 0.6 is 11.6 Å². The highest BCUT2D eigenvalue weighted by molar-refractivity contribution is 6.62. The molecule has 1 aromatic heterocycles. The van der Waals surface area contributed by atoms with Crippen LogP contribution in [-0.4, -0.2) is 23.3 Å². The standard InChI is InChI=1S/C14H18BClN2O2/c1-13(2)14(3,4)20-15(19-13)10-8-11(16)12(18-9-10)6-5-7-17/h8-9H,5-6H2,1-4H3. The van der Waals surface area contributed by atoms with Crippen molar-refractivity contribution in [1.29, 1.82) is 5.26 Å². The van der Waals surface area contributed by atoms with Gasteiger partial charge in [0.05, 0.1) is 28.0 Å². The number of hydrogen-bond donors (Lipinski definition) is 0. The van der Waals surface area contributed by atoms with Gasteiger partial charge in [-0.15, -0.1) is 0 Å². The molecule has 0 spiro atoms. The molecule has 20 heavy (non-hydrogen) atoms. The summed E-state index contributed by atoms with van der Waals surface area (Å²) in [4.78, 5) is 4.31. The summed E-state index contributed by atoms with van der Waals surface area (Å²) in [7, 11) is -0.463. The SMILES string of the molecule is CC1(C)OB(c2cnc(CCC#N)c(Cl)c2)OC1(C)C. The van der Waals surface area contributed by atoms with Crippen LogP contribution in [-0.2, 0) is 15.7 Å². The first kappa shape index (κ1) is 15.3. The van der Waals surface area contributed by atoms with Gasteiger partial charge in [0.25, 0.3) is 0 Å². The van der Waals surface area contributed by atoms with E-state index in [0.717, 1.165) is 11.2 Å².